The molecule has 1 aromatic carbocycles. The molecule has 100 valence electrons. The molecule has 0 unspecified atom stereocenters. The normalized spacial score (nSPS) is 10.6. The minimum absolute atomic E-state index is 0.185. The number of aryl methyl sites for hydroxylation is 1. The lowest BCUT2D eigenvalue weighted by Crippen LogP contribution is -2.16. The topological polar surface area (TPSA) is 47.0 Å². The van der Waals surface area contributed by atoms with Crippen LogP contribution in [0.2, 0.25) is 0 Å². The molecule has 1 heterocycles. The molecule has 0 atom stereocenters. The average Bonchev–Trinajstić information content (AvgIpc) is 2.37. The Morgan fingerprint density at radius 3 is 2.84 bits per heavy atom. The van der Waals surface area contributed by atoms with Gasteiger partial charge in [-0.05, 0) is 30.8 Å². The predicted molar refractivity (Wildman–Crippen MR) is 77.9 cm³/mol. The van der Waals surface area contributed by atoms with Crippen LogP contribution in [0.4, 0.5) is 0 Å². The van der Waals surface area contributed by atoms with Crippen LogP contribution in [-0.4, -0.2) is 23.3 Å². The number of H-pyrrole nitrogens is 1. The first-order valence-electron chi connectivity index (χ1n) is 6.02. The zero-order valence-electron chi connectivity index (χ0n) is 11.0. The Hall–Kier alpha value is -1.72. The van der Waals surface area contributed by atoms with Gasteiger partial charge in [0.25, 0.3) is 5.56 Å². The SMILES string of the molecule is COCCn1c(-c2cccc(C)c2)cc(=O)[nH]c1=S. The van der Waals surface area contributed by atoms with Gasteiger partial charge in [0.15, 0.2) is 4.77 Å². The van der Waals surface area contributed by atoms with Crippen LogP contribution in [-0.2, 0) is 11.3 Å². The maximum atomic E-state index is 11.6. The fourth-order valence-corrected chi connectivity index (χ4v) is 2.26. The summed E-state index contributed by atoms with van der Waals surface area (Å²) < 4.78 is 7.39. The number of benzene rings is 1. The second-order valence-corrected chi connectivity index (χ2v) is 4.72. The van der Waals surface area contributed by atoms with Gasteiger partial charge < -0.3 is 9.30 Å². The Morgan fingerprint density at radius 1 is 1.37 bits per heavy atom. The van der Waals surface area contributed by atoms with Gasteiger partial charge >= 0.3 is 0 Å². The molecule has 2 rings (SSSR count). The zero-order valence-corrected chi connectivity index (χ0v) is 11.8. The minimum Gasteiger partial charge on any atom is -0.383 e. The number of ether oxygens (including phenoxy) is 1. The van der Waals surface area contributed by atoms with Gasteiger partial charge in [-0.2, -0.15) is 0 Å². The summed E-state index contributed by atoms with van der Waals surface area (Å²) >= 11 is 5.23. The summed E-state index contributed by atoms with van der Waals surface area (Å²) in [6, 6.07) is 9.56. The number of methoxy groups -OCH3 is 1. The quantitative estimate of drug-likeness (QED) is 0.873. The summed E-state index contributed by atoms with van der Waals surface area (Å²) in [6.45, 7) is 3.17. The van der Waals surface area contributed by atoms with E-state index in [-0.39, 0.29) is 5.56 Å². The Bertz CT molecular complexity index is 688. The van der Waals surface area contributed by atoms with Gasteiger partial charge in [-0.3, -0.25) is 9.78 Å². The van der Waals surface area contributed by atoms with Gasteiger partial charge in [-0.15, -0.1) is 0 Å². The molecule has 2 aromatic rings. The number of rotatable bonds is 4. The first-order valence-corrected chi connectivity index (χ1v) is 6.43. The Kier molecular flexibility index (Phi) is 4.29. The van der Waals surface area contributed by atoms with Gasteiger partial charge in [-0.1, -0.05) is 23.8 Å². The molecule has 19 heavy (non-hydrogen) atoms. The van der Waals surface area contributed by atoms with E-state index in [4.69, 9.17) is 17.0 Å². The average molecular weight is 276 g/mol. The molecule has 0 aliphatic carbocycles. The molecule has 0 aliphatic heterocycles. The number of hydrogen-bond donors (Lipinski definition) is 1. The van der Waals surface area contributed by atoms with Crippen LogP contribution in [0, 0.1) is 11.7 Å². The molecule has 0 fully saturated rings. The van der Waals surface area contributed by atoms with E-state index in [0.29, 0.717) is 17.9 Å². The summed E-state index contributed by atoms with van der Waals surface area (Å²) in [4.78, 5) is 14.3. The predicted octanol–water partition coefficient (Wildman–Crippen LogP) is 2.53. The standard InChI is InChI=1S/C14H16N2O2S/c1-10-4-3-5-11(8-10)12-9-13(17)15-14(19)16(12)6-7-18-2/h3-5,8-9H,6-7H2,1-2H3,(H,15,17,19). The second-order valence-electron chi connectivity index (χ2n) is 4.34. The number of hydrogen-bond acceptors (Lipinski definition) is 3. The fourth-order valence-electron chi connectivity index (χ4n) is 1.97. The van der Waals surface area contributed by atoms with E-state index >= 15 is 0 Å². The van der Waals surface area contributed by atoms with E-state index in [9.17, 15) is 4.79 Å². The smallest absolute Gasteiger partial charge is 0.252 e. The van der Waals surface area contributed by atoms with E-state index in [2.05, 4.69) is 4.98 Å². The fraction of sp³-hybridized carbons (Fsp3) is 0.286. The van der Waals surface area contributed by atoms with Crippen LogP contribution in [0.15, 0.2) is 35.1 Å². The summed E-state index contributed by atoms with van der Waals surface area (Å²) in [6.07, 6.45) is 0. The van der Waals surface area contributed by atoms with Gasteiger partial charge in [0.2, 0.25) is 0 Å². The zero-order chi connectivity index (χ0) is 13.8. The molecule has 0 bridgehead atoms. The largest absolute Gasteiger partial charge is 0.383 e. The molecule has 0 saturated heterocycles. The lowest BCUT2D eigenvalue weighted by atomic mass is 10.1. The highest BCUT2D eigenvalue weighted by Gasteiger charge is 2.06. The van der Waals surface area contributed by atoms with Crippen LogP contribution in [0.1, 0.15) is 5.56 Å². The highest BCUT2D eigenvalue weighted by atomic mass is 32.1. The van der Waals surface area contributed by atoms with Gasteiger partial charge in [-0.25, -0.2) is 0 Å². The number of nitrogens with zero attached hydrogens (tertiary/aromatic N) is 1. The molecular formula is C14H16N2O2S. The number of aromatic amines is 1. The molecule has 0 amide bonds. The van der Waals surface area contributed by atoms with Gasteiger partial charge in [0.1, 0.15) is 0 Å². The molecular weight excluding hydrogens is 260 g/mol. The van der Waals surface area contributed by atoms with Crippen molar-refractivity contribution < 1.29 is 4.74 Å². The Labute approximate surface area is 116 Å². The molecule has 0 radical (unpaired) electrons. The Morgan fingerprint density at radius 2 is 2.16 bits per heavy atom. The third-order valence-electron chi connectivity index (χ3n) is 2.87. The molecule has 1 N–H and O–H groups in total. The summed E-state index contributed by atoms with van der Waals surface area (Å²) in [5.41, 5.74) is 2.75. The van der Waals surface area contributed by atoms with Crippen molar-refractivity contribution in [2.75, 3.05) is 13.7 Å². The van der Waals surface area contributed by atoms with Crippen LogP contribution in [0.5, 0.6) is 0 Å². The van der Waals surface area contributed by atoms with Crippen molar-refractivity contribution in [2.24, 2.45) is 0 Å². The van der Waals surface area contributed by atoms with Crippen LogP contribution < -0.4 is 5.56 Å². The van der Waals surface area contributed by atoms with Crippen molar-refractivity contribution in [1.29, 1.82) is 0 Å². The molecule has 0 spiro atoms. The lowest BCUT2D eigenvalue weighted by molar-refractivity contribution is 0.187. The molecule has 0 aliphatic rings. The lowest BCUT2D eigenvalue weighted by Gasteiger charge is -2.13. The highest BCUT2D eigenvalue weighted by Crippen LogP contribution is 2.19. The molecule has 4 nitrogen and oxygen atoms in total. The third-order valence-corrected chi connectivity index (χ3v) is 3.19. The minimum atomic E-state index is -0.185. The van der Waals surface area contributed by atoms with E-state index in [1.165, 1.54) is 0 Å². The first kappa shape index (κ1) is 13.7. The van der Waals surface area contributed by atoms with Crippen molar-refractivity contribution in [3.8, 4) is 11.3 Å². The van der Waals surface area contributed by atoms with E-state index in [1.54, 1.807) is 13.2 Å². The molecule has 0 saturated carbocycles. The monoisotopic (exact) mass is 276 g/mol. The van der Waals surface area contributed by atoms with Gasteiger partial charge in [0.05, 0.1) is 12.3 Å². The van der Waals surface area contributed by atoms with Crippen molar-refractivity contribution in [2.45, 2.75) is 13.5 Å². The van der Waals surface area contributed by atoms with Crippen LogP contribution in [0.3, 0.4) is 0 Å². The number of nitrogens with one attached hydrogen (secondary N) is 1. The van der Waals surface area contributed by atoms with Crippen molar-refractivity contribution in [3.63, 3.8) is 0 Å². The summed E-state index contributed by atoms with van der Waals surface area (Å²) in [7, 11) is 1.64. The van der Waals surface area contributed by atoms with Gasteiger partial charge in [0, 0.05) is 19.7 Å². The highest BCUT2D eigenvalue weighted by molar-refractivity contribution is 7.71. The third kappa shape index (κ3) is 3.19. The Balaban J connectivity index is 2.60. The summed E-state index contributed by atoms with van der Waals surface area (Å²) in [5.74, 6) is 0. The second kappa shape index (κ2) is 5.95. The van der Waals surface area contributed by atoms with Crippen molar-refractivity contribution >= 4 is 12.2 Å². The van der Waals surface area contributed by atoms with Crippen molar-refractivity contribution in [1.82, 2.24) is 9.55 Å². The van der Waals surface area contributed by atoms with E-state index in [0.717, 1.165) is 16.8 Å². The van der Waals surface area contributed by atoms with Crippen molar-refractivity contribution in [3.05, 3.63) is 51.0 Å². The van der Waals surface area contributed by atoms with Crippen LogP contribution >= 0.6 is 12.2 Å². The van der Waals surface area contributed by atoms with E-state index < -0.39 is 0 Å². The first-order chi connectivity index (χ1) is 9.11. The van der Waals surface area contributed by atoms with E-state index in [1.807, 2.05) is 35.8 Å². The van der Waals surface area contributed by atoms with Crippen LogP contribution in [0.25, 0.3) is 11.3 Å². The molecule has 1 aromatic heterocycles. The number of aromatic nitrogens is 2. The maximum absolute atomic E-state index is 11.6. The summed E-state index contributed by atoms with van der Waals surface area (Å²) in [5, 5.41) is 0. The maximum Gasteiger partial charge on any atom is 0.252 e. The molecule has 5 heteroatoms.